The zero-order chi connectivity index (χ0) is 15.7. The lowest BCUT2D eigenvalue weighted by atomic mass is 10.1. The molecule has 0 spiro atoms. The first kappa shape index (κ1) is 15.1. The number of thioether (sulfide) groups is 1. The summed E-state index contributed by atoms with van der Waals surface area (Å²) in [5.41, 5.74) is 0.911. The molecule has 1 aromatic carbocycles. The minimum Gasteiger partial charge on any atom is -0.494 e. The van der Waals surface area contributed by atoms with E-state index in [1.54, 1.807) is 18.9 Å². The van der Waals surface area contributed by atoms with E-state index in [1.165, 1.54) is 6.20 Å². The summed E-state index contributed by atoms with van der Waals surface area (Å²) in [6.07, 6.45) is 2.44. The number of carbonyl (C=O) groups is 1. The SMILES string of the molecule is COc1cccc2c(SC3CCOC3C)c(C(=O)O)cnc12. The van der Waals surface area contributed by atoms with E-state index in [-0.39, 0.29) is 16.9 Å². The number of fused-ring (bicyclic) bond motifs is 1. The van der Waals surface area contributed by atoms with Crippen LogP contribution in [0, 0.1) is 0 Å². The summed E-state index contributed by atoms with van der Waals surface area (Å²) < 4.78 is 10.9. The highest BCUT2D eigenvalue weighted by Gasteiger charge is 2.28. The molecule has 1 aliphatic rings. The first-order chi connectivity index (χ1) is 10.6. The van der Waals surface area contributed by atoms with Crippen LogP contribution in [-0.2, 0) is 4.74 Å². The van der Waals surface area contributed by atoms with Gasteiger partial charge in [-0.3, -0.25) is 4.98 Å². The van der Waals surface area contributed by atoms with Gasteiger partial charge in [0.1, 0.15) is 11.3 Å². The third-order valence-corrected chi connectivity index (χ3v) is 5.43. The number of benzene rings is 1. The highest BCUT2D eigenvalue weighted by Crippen LogP contribution is 2.39. The number of rotatable bonds is 4. The second kappa shape index (κ2) is 6.14. The van der Waals surface area contributed by atoms with Crippen LogP contribution in [0.3, 0.4) is 0 Å². The number of carboxylic acid groups (broad SMARTS) is 1. The van der Waals surface area contributed by atoms with E-state index in [2.05, 4.69) is 4.98 Å². The number of hydrogen-bond acceptors (Lipinski definition) is 5. The average molecular weight is 319 g/mol. The van der Waals surface area contributed by atoms with Gasteiger partial charge in [0.05, 0.1) is 18.8 Å². The maximum Gasteiger partial charge on any atom is 0.338 e. The molecule has 1 aromatic heterocycles. The molecule has 0 amide bonds. The zero-order valence-electron chi connectivity index (χ0n) is 12.4. The Labute approximate surface area is 132 Å². The molecule has 1 aliphatic heterocycles. The van der Waals surface area contributed by atoms with Crippen molar-refractivity contribution in [2.45, 2.75) is 29.6 Å². The van der Waals surface area contributed by atoms with Crippen molar-refractivity contribution >= 4 is 28.6 Å². The molecule has 2 aromatic rings. The number of para-hydroxylation sites is 1. The highest BCUT2D eigenvalue weighted by atomic mass is 32.2. The summed E-state index contributed by atoms with van der Waals surface area (Å²) in [5.74, 6) is -0.321. The number of aromatic nitrogens is 1. The van der Waals surface area contributed by atoms with Crippen molar-refractivity contribution in [1.82, 2.24) is 4.98 Å². The molecule has 5 nitrogen and oxygen atoms in total. The fourth-order valence-corrected chi connectivity index (χ4v) is 3.98. The molecule has 0 radical (unpaired) electrons. The van der Waals surface area contributed by atoms with Crippen molar-refractivity contribution in [2.24, 2.45) is 0 Å². The van der Waals surface area contributed by atoms with Crippen LogP contribution in [0.2, 0.25) is 0 Å². The quantitative estimate of drug-likeness (QED) is 0.933. The third kappa shape index (κ3) is 2.64. The predicted molar refractivity (Wildman–Crippen MR) is 84.9 cm³/mol. The molecule has 22 heavy (non-hydrogen) atoms. The first-order valence-corrected chi connectivity index (χ1v) is 7.97. The third-order valence-electron chi connectivity index (χ3n) is 3.84. The lowest BCUT2D eigenvalue weighted by Gasteiger charge is -2.17. The Bertz CT molecular complexity index is 719. The topological polar surface area (TPSA) is 68.7 Å². The van der Waals surface area contributed by atoms with E-state index in [1.807, 2.05) is 25.1 Å². The number of pyridine rings is 1. The molecule has 6 heteroatoms. The van der Waals surface area contributed by atoms with Crippen LogP contribution in [0.15, 0.2) is 29.3 Å². The van der Waals surface area contributed by atoms with Crippen LogP contribution in [0.4, 0.5) is 0 Å². The number of methoxy groups -OCH3 is 1. The molecule has 2 heterocycles. The smallest absolute Gasteiger partial charge is 0.338 e. The van der Waals surface area contributed by atoms with Crippen LogP contribution in [-0.4, -0.2) is 41.1 Å². The van der Waals surface area contributed by atoms with Crippen molar-refractivity contribution in [2.75, 3.05) is 13.7 Å². The largest absolute Gasteiger partial charge is 0.494 e. The van der Waals surface area contributed by atoms with E-state index in [4.69, 9.17) is 9.47 Å². The Morgan fingerprint density at radius 3 is 2.95 bits per heavy atom. The molecule has 1 N–H and O–H groups in total. The van der Waals surface area contributed by atoms with Crippen molar-refractivity contribution in [3.05, 3.63) is 30.0 Å². The molecule has 2 atom stereocenters. The Morgan fingerprint density at radius 2 is 2.32 bits per heavy atom. The molecule has 3 rings (SSSR count). The van der Waals surface area contributed by atoms with Crippen LogP contribution in [0.1, 0.15) is 23.7 Å². The maximum atomic E-state index is 11.6. The van der Waals surface area contributed by atoms with E-state index >= 15 is 0 Å². The van der Waals surface area contributed by atoms with Gasteiger partial charge in [0.2, 0.25) is 0 Å². The van der Waals surface area contributed by atoms with Crippen LogP contribution < -0.4 is 4.74 Å². The average Bonchev–Trinajstić information content (AvgIpc) is 2.91. The number of aromatic carboxylic acids is 1. The number of carboxylic acids is 1. The second-order valence-corrected chi connectivity index (χ2v) is 6.43. The van der Waals surface area contributed by atoms with Gasteiger partial charge in [-0.05, 0) is 19.4 Å². The van der Waals surface area contributed by atoms with Gasteiger partial charge >= 0.3 is 5.97 Å². The maximum absolute atomic E-state index is 11.6. The summed E-state index contributed by atoms with van der Waals surface area (Å²) in [5, 5.41) is 10.5. The second-order valence-electron chi connectivity index (χ2n) is 5.18. The minimum absolute atomic E-state index is 0.112. The fraction of sp³-hybridized carbons (Fsp3) is 0.375. The Morgan fingerprint density at radius 1 is 1.50 bits per heavy atom. The standard InChI is InChI=1S/C16H17NO4S/c1-9-13(6-7-21-9)22-15-10-4-3-5-12(20-2)14(10)17-8-11(15)16(18)19/h3-5,8-9,13H,6-7H2,1-2H3,(H,18,19). The van der Waals surface area contributed by atoms with Crippen LogP contribution >= 0.6 is 11.8 Å². The van der Waals surface area contributed by atoms with E-state index in [0.29, 0.717) is 17.9 Å². The summed E-state index contributed by atoms with van der Waals surface area (Å²) in [4.78, 5) is 16.6. The first-order valence-electron chi connectivity index (χ1n) is 7.09. The van der Waals surface area contributed by atoms with Gasteiger partial charge in [-0.25, -0.2) is 4.79 Å². The van der Waals surface area contributed by atoms with Crippen LogP contribution in [0.5, 0.6) is 5.75 Å². The molecule has 0 bridgehead atoms. The van der Waals surface area contributed by atoms with Crippen molar-refractivity contribution in [1.29, 1.82) is 0 Å². The number of ether oxygens (including phenoxy) is 2. The number of hydrogen-bond donors (Lipinski definition) is 1. The van der Waals surface area contributed by atoms with Gasteiger partial charge in [0.25, 0.3) is 0 Å². The molecule has 116 valence electrons. The molecule has 1 fully saturated rings. The molecule has 1 saturated heterocycles. The summed E-state index contributed by atoms with van der Waals surface area (Å²) >= 11 is 1.56. The summed E-state index contributed by atoms with van der Waals surface area (Å²) in [6.45, 7) is 2.74. The zero-order valence-corrected chi connectivity index (χ0v) is 13.2. The van der Waals surface area contributed by atoms with E-state index in [0.717, 1.165) is 16.7 Å². The van der Waals surface area contributed by atoms with Gasteiger partial charge in [0, 0.05) is 28.3 Å². The molecular weight excluding hydrogens is 302 g/mol. The minimum atomic E-state index is -0.966. The molecule has 2 unspecified atom stereocenters. The van der Waals surface area contributed by atoms with E-state index < -0.39 is 5.97 Å². The lowest BCUT2D eigenvalue weighted by Crippen LogP contribution is -2.14. The van der Waals surface area contributed by atoms with Gasteiger partial charge in [0.15, 0.2) is 0 Å². The monoisotopic (exact) mass is 319 g/mol. The number of nitrogens with zero attached hydrogens (tertiary/aromatic N) is 1. The summed E-state index contributed by atoms with van der Waals surface area (Å²) in [7, 11) is 1.58. The molecule has 0 aliphatic carbocycles. The lowest BCUT2D eigenvalue weighted by molar-refractivity contribution is 0.0693. The van der Waals surface area contributed by atoms with Gasteiger partial charge in [-0.1, -0.05) is 12.1 Å². The van der Waals surface area contributed by atoms with E-state index in [9.17, 15) is 9.90 Å². The fourth-order valence-electron chi connectivity index (χ4n) is 2.63. The summed E-state index contributed by atoms with van der Waals surface area (Å²) in [6, 6.07) is 5.57. The van der Waals surface area contributed by atoms with Gasteiger partial charge in [-0.15, -0.1) is 11.8 Å². The van der Waals surface area contributed by atoms with Crippen molar-refractivity contribution in [3.8, 4) is 5.75 Å². The predicted octanol–water partition coefficient (Wildman–Crippen LogP) is 3.21. The van der Waals surface area contributed by atoms with Gasteiger partial charge in [-0.2, -0.15) is 0 Å². The normalized spacial score (nSPS) is 21.2. The van der Waals surface area contributed by atoms with Crippen molar-refractivity contribution < 1.29 is 19.4 Å². The van der Waals surface area contributed by atoms with Crippen molar-refractivity contribution in [3.63, 3.8) is 0 Å². The molecule has 0 saturated carbocycles. The van der Waals surface area contributed by atoms with Gasteiger partial charge < -0.3 is 14.6 Å². The highest BCUT2D eigenvalue weighted by molar-refractivity contribution is 8.00. The Balaban J connectivity index is 2.15. The van der Waals surface area contributed by atoms with Crippen LogP contribution in [0.25, 0.3) is 10.9 Å². The molecular formula is C16H17NO4S. The Hall–Kier alpha value is -1.79. The Kier molecular flexibility index (Phi) is 4.22.